The first kappa shape index (κ1) is 18.8. The van der Waals surface area contributed by atoms with E-state index >= 15 is 0 Å². The minimum absolute atomic E-state index is 0.0261. The van der Waals surface area contributed by atoms with Gasteiger partial charge in [0.15, 0.2) is 0 Å². The van der Waals surface area contributed by atoms with E-state index in [0.29, 0.717) is 27.3 Å². The van der Waals surface area contributed by atoms with Crippen LogP contribution in [0.3, 0.4) is 0 Å². The molecule has 5 rings (SSSR count). The molecule has 3 aromatic carbocycles. The third kappa shape index (κ3) is 3.10. The predicted molar refractivity (Wildman–Crippen MR) is 121 cm³/mol. The number of aromatic nitrogens is 2. The van der Waals surface area contributed by atoms with E-state index in [2.05, 4.69) is 4.98 Å². The predicted octanol–water partition coefficient (Wildman–Crippen LogP) is 4.54. The molecule has 0 atom stereocenters. The largest absolute Gasteiger partial charge is 0.288 e. The van der Waals surface area contributed by atoms with E-state index in [4.69, 9.17) is 0 Å². The molecule has 2 heterocycles. The average molecular weight is 427 g/mol. The van der Waals surface area contributed by atoms with Gasteiger partial charge in [0.1, 0.15) is 16.0 Å². The number of benzene rings is 3. The highest BCUT2D eigenvalue weighted by atomic mass is 32.1. The van der Waals surface area contributed by atoms with Gasteiger partial charge in [-0.2, -0.15) is 0 Å². The zero-order valence-electron chi connectivity index (χ0n) is 15.9. The van der Waals surface area contributed by atoms with Gasteiger partial charge in [0.2, 0.25) is 5.43 Å². The second kappa shape index (κ2) is 7.26. The molecule has 0 saturated carbocycles. The molecule has 8 heteroatoms. The van der Waals surface area contributed by atoms with E-state index in [-0.39, 0.29) is 16.5 Å². The van der Waals surface area contributed by atoms with Crippen LogP contribution in [0.2, 0.25) is 0 Å². The van der Waals surface area contributed by atoms with Crippen LogP contribution in [-0.2, 0) is 0 Å². The summed E-state index contributed by atoms with van der Waals surface area (Å²) in [7, 11) is 0. The Kier molecular flexibility index (Phi) is 4.41. The molecule has 2 aromatic heterocycles. The van der Waals surface area contributed by atoms with Crippen LogP contribution in [0.5, 0.6) is 0 Å². The standard InChI is InChI=1S/C23H13N3O4S/c27-20-17-8-4-5-9-18(17)31-22-19(20)23(28)25(15-6-2-1-3-7-15)21(24-22)14-10-12-16(13-11-14)26(29)30/h1-13H. The molecule has 0 saturated heterocycles. The Bertz CT molecular complexity index is 1590. The summed E-state index contributed by atoms with van der Waals surface area (Å²) in [5.41, 5.74) is 0.182. The number of nitro groups is 1. The molecular weight excluding hydrogens is 414 g/mol. The summed E-state index contributed by atoms with van der Waals surface area (Å²) in [4.78, 5) is 42.3. The molecule has 0 aliphatic rings. The van der Waals surface area contributed by atoms with Crippen molar-refractivity contribution in [2.75, 3.05) is 0 Å². The van der Waals surface area contributed by atoms with Crippen LogP contribution in [0.4, 0.5) is 5.69 Å². The van der Waals surface area contributed by atoms with E-state index < -0.39 is 10.5 Å². The van der Waals surface area contributed by atoms with Crippen LogP contribution in [-0.4, -0.2) is 14.5 Å². The van der Waals surface area contributed by atoms with Gasteiger partial charge in [-0.15, -0.1) is 11.3 Å². The van der Waals surface area contributed by atoms with Crippen molar-refractivity contribution in [2.45, 2.75) is 0 Å². The lowest BCUT2D eigenvalue weighted by molar-refractivity contribution is -0.384. The van der Waals surface area contributed by atoms with Crippen LogP contribution in [0.25, 0.3) is 37.4 Å². The first-order chi connectivity index (χ1) is 15.0. The number of fused-ring (bicyclic) bond motifs is 2. The maximum Gasteiger partial charge on any atom is 0.271 e. The molecule has 0 spiro atoms. The van der Waals surface area contributed by atoms with Gasteiger partial charge in [0.25, 0.3) is 11.2 Å². The second-order valence-corrected chi connectivity index (χ2v) is 7.85. The molecule has 0 aliphatic heterocycles. The lowest BCUT2D eigenvalue weighted by Gasteiger charge is -2.13. The van der Waals surface area contributed by atoms with Crippen molar-refractivity contribution in [2.24, 2.45) is 0 Å². The molecule has 0 fully saturated rings. The maximum atomic E-state index is 13.6. The number of nitro benzene ring substituents is 1. The molecule has 5 aromatic rings. The Morgan fingerprint density at radius 2 is 1.55 bits per heavy atom. The Labute approximate surface area is 178 Å². The summed E-state index contributed by atoms with van der Waals surface area (Å²) < 4.78 is 2.12. The van der Waals surface area contributed by atoms with Gasteiger partial charge in [-0.05, 0) is 36.4 Å². The van der Waals surface area contributed by atoms with Crippen molar-refractivity contribution in [3.05, 3.63) is 110 Å². The van der Waals surface area contributed by atoms with E-state index in [1.54, 1.807) is 48.5 Å². The summed E-state index contributed by atoms with van der Waals surface area (Å²) >= 11 is 1.27. The fourth-order valence-corrected chi connectivity index (χ4v) is 4.53. The topological polar surface area (TPSA) is 95.1 Å². The van der Waals surface area contributed by atoms with Gasteiger partial charge in [-0.3, -0.25) is 24.3 Å². The van der Waals surface area contributed by atoms with E-state index in [1.165, 1.54) is 28.0 Å². The summed E-state index contributed by atoms with van der Waals surface area (Å²) in [6, 6.07) is 21.8. The Morgan fingerprint density at radius 1 is 0.871 bits per heavy atom. The summed E-state index contributed by atoms with van der Waals surface area (Å²) in [6.07, 6.45) is 0. The minimum atomic E-state index is -0.486. The Balaban J connectivity index is 1.91. The Morgan fingerprint density at radius 3 is 2.26 bits per heavy atom. The number of hydrogen-bond acceptors (Lipinski definition) is 6. The minimum Gasteiger partial charge on any atom is -0.288 e. The highest BCUT2D eigenvalue weighted by Crippen LogP contribution is 2.27. The molecule has 0 aliphatic carbocycles. The van der Waals surface area contributed by atoms with Crippen LogP contribution in [0.15, 0.2) is 88.5 Å². The molecule has 0 unspecified atom stereocenters. The molecule has 31 heavy (non-hydrogen) atoms. The van der Waals surface area contributed by atoms with Gasteiger partial charge in [0, 0.05) is 27.8 Å². The van der Waals surface area contributed by atoms with Crippen LogP contribution in [0.1, 0.15) is 0 Å². The first-order valence-electron chi connectivity index (χ1n) is 9.33. The molecular formula is C23H13N3O4S. The summed E-state index contributed by atoms with van der Waals surface area (Å²) in [6.45, 7) is 0. The lowest BCUT2D eigenvalue weighted by atomic mass is 10.1. The van der Waals surface area contributed by atoms with Gasteiger partial charge in [-0.1, -0.05) is 30.3 Å². The third-order valence-electron chi connectivity index (χ3n) is 4.97. The van der Waals surface area contributed by atoms with Gasteiger partial charge >= 0.3 is 0 Å². The van der Waals surface area contributed by atoms with Crippen molar-refractivity contribution < 1.29 is 4.92 Å². The molecule has 0 radical (unpaired) electrons. The fraction of sp³-hybridized carbons (Fsp3) is 0. The first-order valence-corrected chi connectivity index (χ1v) is 10.1. The van der Waals surface area contributed by atoms with Crippen LogP contribution >= 0.6 is 11.3 Å². The highest BCUT2D eigenvalue weighted by Gasteiger charge is 2.19. The van der Waals surface area contributed by atoms with E-state index in [1.807, 2.05) is 18.2 Å². The number of hydrogen-bond donors (Lipinski definition) is 0. The fourth-order valence-electron chi connectivity index (χ4n) is 3.49. The highest BCUT2D eigenvalue weighted by molar-refractivity contribution is 7.24. The molecule has 0 bridgehead atoms. The monoisotopic (exact) mass is 427 g/mol. The number of para-hydroxylation sites is 1. The van der Waals surface area contributed by atoms with E-state index in [0.717, 1.165) is 4.70 Å². The quantitative estimate of drug-likeness (QED) is 0.239. The number of rotatable bonds is 3. The SMILES string of the molecule is O=c1c2ccccc2sc2nc(-c3ccc([N+](=O)[O-])cc3)n(-c3ccccc3)c(=O)c12. The van der Waals surface area contributed by atoms with Crippen molar-refractivity contribution in [3.63, 3.8) is 0 Å². The van der Waals surface area contributed by atoms with Gasteiger partial charge < -0.3 is 0 Å². The summed E-state index contributed by atoms with van der Waals surface area (Å²) in [5, 5.41) is 11.5. The van der Waals surface area contributed by atoms with Gasteiger partial charge in [0.05, 0.1) is 10.6 Å². The lowest BCUT2D eigenvalue weighted by Crippen LogP contribution is -2.26. The summed E-state index contributed by atoms with van der Waals surface area (Å²) in [5.74, 6) is 0.310. The van der Waals surface area contributed by atoms with Gasteiger partial charge in [-0.25, -0.2) is 4.98 Å². The second-order valence-electron chi connectivity index (χ2n) is 6.82. The number of nitrogens with zero attached hydrogens (tertiary/aromatic N) is 3. The normalized spacial score (nSPS) is 11.1. The number of non-ortho nitro benzene ring substituents is 1. The molecule has 0 N–H and O–H groups in total. The van der Waals surface area contributed by atoms with Crippen molar-refractivity contribution in [3.8, 4) is 17.1 Å². The van der Waals surface area contributed by atoms with E-state index in [9.17, 15) is 19.7 Å². The third-order valence-corrected chi connectivity index (χ3v) is 6.03. The smallest absolute Gasteiger partial charge is 0.271 e. The zero-order valence-corrected chi connectivity index (χ0v) is 16.7. The molecule has 0 amide bonds. The van der Waals surface area contributed by atoms with Crippen LogP contribution in [0, 0.1) is 10.1 Å². The van der Waals surface area contributed by atoms with Crippen LogP contribution < -0.4 is 11.0 Å². The average Bonchev–Trinajstić information content (AvgIpc) is 2.79. The molecule has 150 valence electrons. The Hall–Kier alpha value is -4.17. The maximum absolute atomic E-state index is 13.6. The zero-order chi connectivity index (χ0) is 21.5. The molecule has 7 nitrogen and oxygen atoms in total. The van der Waals surface area contributed by atoms with Crippen molar-refractivity contribution in [1.82, 2.24) is 9.55 Å². The van der Waals surface area contributed by atoms with Crippen molar-refractivity contribution in [1.29, 1.82) is 0 Å². The van der Waals surface area contributed by atoms with Crippen molar-refractivity contribution >= 4 is 37.3 Å².